The number of carbonyl (C=O) groups is 2. The fourth-order valence-corrected chi connectivity index (χ4v) is 3.54. The van der Waals surface area contributed by atoms with Crippen molar-refractivity contribution in [1.82, 2.24) is 0 Å². The Bertz CT molecular complexity index is 960. The van der Waals surface area contributed by atoms with E-state index in [9.17, 15) is 23.1 Å². The molecule has 138 valence electrons. The first-order chi connectivity index (χ1) is 12.0. The van der Waals surface area contributed by atoms with Crippen LogP contribution in [0.4, 0.5) is 5.69 Å². The lowest BCUT2D eigenvalue weighted by Gasteiger charge is -2.12. The van der Waals surface area contributed by atoms with Crippen molar-refractivity contribution >= 4 is 27.4 Å². The van der Waals surface area contributed by atoms with Crippen LogP contribution in [-0.2, 0) is 9.84 Å². The number of hydrogen-bond acceptors (Lipinski definition) is 4. The van der Waals surface area contributed by atoms with Crippen molar-refractivity contribution in [1.29, 1.82) is 0 Å². The molecule has 0 aliphatic rings. The van der Waals surface area contributed by atoms with Gasteiger partial charge in [0, 0.05) is 11.3 Å². The van der Waals surface area contributed by atoms with Gasteiger partial charge < -0.3 is 10.4 Å². The summed E-state index contributed by atoms with van der Waals surface area (Å²) >= 11 is 0. The first-order valence-corrected chi connectivity index (χ1v) is 9.58. The number of carbonyl (C=O) groups excluding carboxylic acids is 1. The van der Waals surface area contributed by atoms with E-state index in [-0.39, 0.29) is 16.0 Å². The van der Waals surface area contributed by atoms with Gasteiger partial charge in [-0.2, -0.15) is 0 Å². The molecule has 0 aliphatic heterocycles. The van der Waals surface area contributed by atoms with E-state index >= 15 is 0 Å². The van der Waals surface area contributed by atoms with Crippen LogP contribution in [0.5, 0.6) is 0 Å². The van der Waals surface area contributed by atoms with Crippen molar-refractivity contribution < 1.29 is 23.1 Å². The van der Waals surface area contributed by atoms with Crippen molar-refractivity contribution in [2.75, 3.05) is 5.32 Å². The Balaban J connectivity index is 2.29. The third-order valence-electron chi connectivity index (χ3n) is 4.12. The highest BCUT2D eigenvalue weighted by molar-refractivity contribution is 7.92. The molecular formula is C19H21NO5S. The van der Waals surface area contributed by atoms with E-state index in [1.165, 1.54) is 30.3 Å². The number of sulfone groups is 1. The molecule has 26 heavy (non-hydrogen) atoms. The zero-order valence-corrected chi connectivity index (χ0v) is 15.8. The monoisotopic (exact) mass is 375 g/mol. The van der Waals surface area contributed by atoms with Gasteiger partial charge in [-0.15, -0.1) is 0 Å². The van der Waals surface area contributed by atoms with E-state index in [0.29, 0.717) is 11.3 Å². The molecule has 2 aromatic rings. The van der Waals surface area contributed by atoms with E-state index in [4.69, 9.17) is 0 Å². The van der Waals surface area contributed by atoms with Gasteiger partial charge in [0.15, 0.2) is 9.84 Å². The number of aryl methyl sites for hydroxylation is 2. The molecule has 7 heteroatoms. The lowest BCUT2D eigenvalue weighted by molar-refractivity contribution is 0.0695. The summed E-state index contributed by atoms with van der Waals surface area (Å²) in [6.07, 6.45) is 0. The summed E-state index contributed by atoms with van der Waals surface area (Å²) in [5.74, 6) is -1.51. The molecule has 2 aromatic carbocycles. The molecule has 0 saturated carbocycles. The number of rotatable bonds is 5. The lowest BCUT2D eigenvalue weighted by Crippen LogP contribution is -2.16. The molecule has 0 unspecified atom stereocenters. The number of carboxylic acids is 1. The first kappa shape index (κ1) is 19.7. The average Bonchev–Trinajstić information content (AvgIpc) is 2.56. The molecule has 0 fully saturated rings. The summed E-state index contributed by atoms with van der Waals surface area (Å²) < 4.78 is 24.3. The summed E-state index contributed by atoms with van der Waals surface area (Å²) in [6.45, 7) is 6.65. The summed E-state index contributed by atoms with van der Waals surface area (Å²) in [5.41, 5.74) is 2.14. The zero-order chi connectivity index (χ0) is 19.6. The van der Waals surface area contributed by atoms with Crippen LogP contribution in [0.2, 0.25) is 0 Å². The van der Waals surface area contributed by atoms with Crippen molar-refractivity contribution in [3.63, 3.8) is 0 Å². The van der Waals surface area contributed by atoms with E-state index in [1.807, 2.05) is 0 Å². The van der Waals surface area contributed by atoms with Gasteiger partial charge in [0.05, 0.1) is 15.7 Å². The third kappa shape index (κ3) is 3.94. The molecule has 6 nitrogen and oxygen atoms in total. The second kappa shape index (κ2) is 7.29. The highest BCUT2D eigenvalue weighted by Crippen LogP contribution is 2.22. The van der Waals surface area contributed by atoms with Crippen LogP contribution in [0, 0.1) is 13.8 Å². The quantitative estimate of drug-likeness (QED) is 0.834. The minimum absolute atomic E-state index is 0.115. The maximum atomic E-state index is 12.4. The second-order valence-electron chi connectivity index (χ2n) is 6.36. The first-order valence-electron chi connectivity index (χ1n) is 8.04. The predicted molar refractivity (Wildman–Crippen MR) is 99.6 cm³/mol. The summed E-state index contributed by atoms with van der Waals surface area (Å²) in [6, 6.07) is 8.78. The SMILES string of the molecule is Cc1cc(C)c(C(=O)O)cc1NC(=O)c1ccc(S(=O)(=O)C(C)C)cc1. The van der Waals surface area contributed by atoms with Crippen LogP contribution >= 0.6 is 0 Å². The Labute approximate surface area is 152 Å². The Hall–Kier alpha value is -2.67. The molecular weight excluding hydrogens is 354 g/mol. The van der Waals surface area contributed by atoms with E-state index in [1.54, 1.807) is 33.8 Å². The predicted octanol–water partition coefficient (Wildman–Crippen LogP) is 3.44. The van der Waals surface area contributed by atoms with E-state index < -0.39 is 27.0 Å². The Kier molecular flexibility index (Phi) is 5.51. The summed E-state index contributed by atoms with van der Waals surface area (Å²) in [5, 5.41) is 11.3. The molecule has 2 rings (SSSR count). The Morgan fingerprint density at radius 2 is 1.58 bits per heavy atom. The van der Waals surface area contributed by atoms with Crippen LogP contribution in [-0.4, -0.2) is 30.7 Å². The number of hydrogen-bond donors (Lipinski definition) is 2. The van der Waals surface area contributed by atoms with Gasteiger partial charge in [0.1, 0.15) is 0 Å². The highest BCUT2D eigenvalue weighted by atomic mass is 32.2. The Morgan fingerprint density at radius 1 is 1.00 bits per heavy atom. The van der Waals surface area contributed by atoms with E-state index in [0.717, 1.165) is 5.56 Å². The van der Waals surface area contributed by atoms with Crippen molar-refractivity contribution in [3.05, 3.63) is 58.7 Å². The van der Waals surface area contributed by atoms with Crippen LogP contribution in [0.15, 0.2) is 41.3 Å². The molecule has 0 radical (unpaired) electrons. The molecule has 0 atom stereocenters. The highest BCUT2D eigenvalue weighted by Gasteiger charge is 2.19. The number of aromatic carboxylic acids is 1. The molecule has 0 heterocycles. The molecule has 0 saturated heterocycles. The number of anilines is 1. The number of benzene rings is 2. The molecule has 0 aliphatic carbocycles. The van der Waals surface area contributed by atoms with Crippen molar-refractivity contribution in [3.8, 4) is 0 Å². The van der Waals surface area contributed by atoms with Crippen LogP contribution in [0.1, 0.15) is 45.7 Å². The third-order valence-corrected chi connectivity index (χ3v) is 6.29. The summed E-state index contributed by atoms with van der Waals surface area (Å²) in [4.78, 5) is 23.8. The Morgan fingerprint density at radius 3 is 2.08 bits per heavy atom. The minimum Gasteiger partial charge on any atom is -0.478 e. The van der Waals surface area contributed by atoms with Gasteiger partial charge in [0.2, 0.25) is 0 Å². The minimum atomic E-state index is -3.40. The zero-order valence-electron chi connectivity index (χ0n) is 15.0. The maximum absolute atomic E-state index is 12.4. The van der Waals surface area contributed by atoms with Crippen LogP contribution in [0.25, 0.3) is 0 Å². The summed E-state index contributed by atoms with van der Waals surface area (Å²) in [7, 11) is -3.40. The number of amides is 1. The van der Waals surface area contributed by atoms with Crippen molar-refractivity contribution in [2.45, 2.75) is 37.8 Å². The van der Waals surface area contributed by atoms with Gasteiger partial charge in [-0.05, 0) is 69.2 Å². The van der Waals surface area contributed by atoms with Gasteiger partial charge in [-0.3, -0.25) is 4.79 Å². The van der Waals surface area contributed by atoms with Gasteiger partial charge >= 0.3 is 5.97 Å². The van der Waals surface area contributed by atoms with Crippen LogP contribution < -0.4 is 5.32 Å². The normalized spacial score (nSPS) is 11.4. The smallest absolute Gasteiger partial charge is 0.336 e. The molecule has 0 spiro atoms. The number of carboxylic acid groups (broad SMARTS) is 1. The average molecular weight is 375 g/mol. The molecule has 0 bridgehead atoms. The van der Waals surface area contributed by atoms with Crippen molar-refractivity contribution in [2.24, 2.45) is 0 Å². The van der Waals surface area contributed by atoms with E-state index in [2.05, 4.69) is 5.32 Å². The maximum Gasteiger partial charge on any atom is 0.336 e. The fraction of sp³-hybridized carbons (Fsp3) is 0.263. The fourth-order valence-electron chi connectivity index (χ4n) is 2.48. The largest absolute Gasteiger partial charge is 0.478 e. The number of nitrogens with one attached hydrogen (secondary N) is 1. The molecule has 0 aromatic heterocycles. The lowest BCUT2D eigenvalue weighted by atomic mass is 10.0. The van der Waals surface area contributed by atoms with Crippen LogP contribution in [0.3, 0.4) is 0 Å². The standard InChI is InChI=1S/C19H21NO5S/c1-11(2)26(24,25)15-7-5-14(6-8-15)18(21)20-17-10-16(19(22)23)12(3)9-13(17)4/h5-11H,1-4H3,(H,20,21)(H,22,23). The van der Waals surface area contributed by atoms with Gasteiger partial charge in [-0.1, -0.05) is 6.07 Å². The van der Waals surface area contributed by atoms with Gasteiger partial charge in [0.25, 0.3) is 5.91 Å². The molecule has 2 N–H and O–H groups in total. The second-order valence-corrected chi connectivity index (χ2v) is 8.86. The molecule has 1 amide bonds. The van der Waals surface area contributed by atoms with Gasteiger partial charge in [-0.25, -0.2) is 13.2 Å². The topological polar surface area (TPSA) is 101 Å².